The largest absolute Gasteiger partial charge is 0.490 e. The second-order valence-electron chi connectivity index (χ2n) is 8.44. The predicted molar refractivity (Wildman–Crippen MR) is 138 cm³/mol. The fourth-order valence-electron chi connectivity index (χ4n) is 3.36. The van der Waals surface area contributed by atoms with Gasteiger partial charge in [-0.05, 0) is 17.5 Å². The van der Waals surface area contributed by atoms with Crippen LogP contribution in [0.1, 0.15) is 36.2 Å². The maximum atomic E-state index is 13.0. The molecule has 0 aromatic heterocycles. The molecule has 0 fully saturated rings. The summed E-state index contributed by atoms with van der Waals surface area (Å²) in [6.07, 6.45) is -0.602. The number of hydrogen-bond donors (Lipinski definition) is 3. The Morgan fingerprint density at radius 3 is 2.32 bits per heavy atom. The number of methoxy groups -OCH3 is 1. The van der Waals surface area contributed by atoms with Crippen LogP contribution < -0.4 is 15.4 Å². The first-order valence-electron chi connectivity index (χ1n) is 11.3. The third kappa shape index (κ3) is 8.90. The van der Waals surface area contributed by atoms with Gasteiger partial charge < -0.3 is 20.5 Å². The van der Waals surface area contributed by atoms with Crippen molar-refractivity contribution in [3.63, 3.8) is 0 Å². The SMILES string of the molecule is COc1cc(C(=O)N[C@H](C(=O)N[C@@H](CC(=O)O)C(=O)CSCc2ccccc2)C(C)C)ccc1[N+](=O)[O-]. The number of ether oxygens (including phenoxy) is 1. The Kier molecular flexibility index (Phi) is 11.1. The Labute approximate surface area is 218 Å². The van der Waals surface area contributed by atoms with Gasteiger partial charge in [-0.15, -0.1) is 11.8 Å². The number of amides is 2. The molecular formula is C25H29N3O8S. The predicted octanol–water partition coefficient (Wildman–Crippen LogP) is 2.82. The van der Waals surface area contributed by atoms with Crippen LogP contribution in [-0.2, 0) is 20.1 Å². The highest BCUT2D eigenvalue weighted by Crippen LogP contribution is 2.27. The monoisotopic (exact) mass is 531 g/mol. The third-order valence-corrected chi connectivity index (χ3v) is 6.34. The molecule has 2 aromatic carbocycles. The summed E-state index contributed by atoms with van der Waals surface area (Å²) in [5.41, 5.74) is 0.707. The highest BCUT2D eigenvalue weighted by atomic mass is 32.2. The molecule has 0 spiro atoms. The van der Waals surface area contributed by atoms with Crippen LogP contribution in [0, 0.1) is 16.0 Å². The van der Waals surface area contributed by atoms with E-state index in [-0.39, 0.29) is 22.8 Å². The molecular weight excluding hydrogens is 502 g/mol. The van der Waals surface area contributed by atoms with E-state index in [1.165, 1.54) is 31.0 Å². The van der Waals surface area contributed by atoms with E-state index in [4.69, 9.17) is 4.74 Å². The summed E-state index contributed by atoms with van der Waals surface area (Å²) in [6.45, 7) is 3.34. The number of carboxylic acids is 1. The molecule has 0 aliphatic carbocycles. The molecule has 0 aliphatic rings. The van der Waals surface area contributed by atoms with Crippen molar-refractivity contribution in [3.8, 4) is 5.75 Å². The zero-order chi connectivity index (χ0) is 27.5. The Hall–Kier alpha value is -3.93. The Morgan fingerprint density at radius 1 is 1.08 bits per heavy atom. The number of nitrogens with zero attached hydrogens (tertiary/aromatic N) is 1. The first kappa shape index (κ1) is 29.3. The lowest BCUT2D eigenvalue weighted by atomic mass is 10.0. The molecule has 2 rings (SSSR count). The summed E-state index contributed by atoms with van der Waals surface area (Å²) in [7, 11) is 1.23. The van der Waals surface area contributed by atoms with Crippen molar-refractivity contribution in [1.82, 2.24) is 10.6 Å². The fraction of sp³-hybridized carbons (Fsp3) is 0.360. The van der Waals surface area contributed by atoms with Gasteiger partial charge in [-0.25, -0.2) is 0 Å². The zero-order valence-corrected chi connectivity index (χ0v) is 21.4. The van der Waals surface area contributed by atoms with Crippen molar-refractivity contribution in [3.05, 3.63) is 69.8 Å². The summed E-state index contributed by atoms with van der Waals surface area (Å²) in [6, 6.07) is 10.6. The number of carbonyl (C=O) groups excluding carboxylic acids is 3. The summed E-state index contributed by atoms with van der Waals surface area (Å²) in [5.74, 6) is -3.12. The lowest BCUT2D eigenvalue weighted by Crippen LogP contribution is -2.54. The van der Waals surface area contributed by atoms with E-state index in [0.717, 1.165) is 11.6 Å². The molecule has 37 heavy (non-hydrogen) atoms. The molecule has 0 saturated carbocycles. The first-order chi connectivity index (χ1) is 17.5. The minimum Gasteiger partial charge on any atom is -0.490 e. The van der Waals surface area contributed by atoms with E-state index in [9.17, 15) is 34.4 Å². The average Bonchev–Trinajstić information content (AvgIpc) is 2.86. The van der Waals surface area contributed by atoms with Crippen molar-refractivity contribution in [2.24, 2.45) is 5.92 Å². The Balaban J connectivity index is 2.09. The van der Waals surface area contributed by atoms with Crippen molar-refractivity contribution in [2.75, 3.05) is 12.9 Å². The van der Waals surface area contributed by atoms with Crippen molar-refractivity contribution in [1.29, 1.82) is 0 Å². The molecule has 11 nitrogen and oxygen atoms in total. The maximum absolute atomic E-state index is 13.0. The molecule has 0 radical (unpaired) electrons. The van der Waals surface area contributed by atoms with E-state index in [0.29, 0.717) is 5.75 Å². The van der Waals surface area contributed by atoms with Gasteiger partial charge in [-0.1, -0.05) is 44.2 Å². The molecule has 0 aliphatic heterocycles. The van der Waals surface area contributed by atoms with Crippen LogP contribution in [0.25, 0.3) is 0 Å². The minimum atomic E-state index is -1.27. The van der Waals surface area contributed by atoms with Crippen LogP contribution >= 0.6 is 11.8 Å². The Morgan fingerprint density at radius 2 is 1.76 bits per heavy atom. The number of rotatable bonds is 14. The van der Waals surface area contributed by atoms with Crippen LogP contribution in [0.15, 0.2) is 48.5 Å². The summed E-state index contributed by atoms with van der Waals surface area (Å²) < 4.78 is 4.98. The van der Waals surface area contributed by atoms with Crippen LogP contribution in [0.4, 0.5) is 5.69 Å². The van der Waals surface area contributed by atoms with Crippen LogP contribution in [0.2, 0.25) is 0 Å². The topological polar surface area (TPSA) is 165 Å². The smallest absolute Gasteiger partial charge is 0.310 e. The molecule has 2 amide bonds. The van der Waals surface area contributed by atoms with E-state index >= 15 is 0 Å². The molecule has 2 atom stereocenters. The van der Waals surface area contributed by atoms with Gasteiger partial charge in [0.1, 0.15) is 6.04 Å². The van der Waals surface area contributed by atoms with Gasteiger partial charge in [0.05, 0.1) is 30.2 Å². The zero-order valence-electron chi connectivity index (χ0n) is 20.6. The molecule has 0 saturated heterocycles. The molecule has 0 unspecified atom stereocenters. The molecule has 0 bridgehead atoms. The van der Waals surface area contributed by atoms with Gasteiger partial charge in [0, 0.05) is 23.4 Å². The summed E-state index contributed by atoms with van der Waals surface area (Å²) >= 11 is 1.30. The van der Waals surface area contributed by atoms with Crippen LogP contribution in [-0.4, -0.2) is 58.5 Å². The third-order valence-electron chi connectivity index (χ3n) is 5.31. The number of nitrogens with one attached hydrogen (secondary N) is 2. The van der Waals surface area contributed by atoms with E-state index in [2.05, 4.69) is 10.6 Å². The van der Waals surface area contributed by atoms with Gasteiger partial charge in [-0.2, -0.15) is 0 Å². The molecule has 198 valence electrons. The lowest BCUT2D eigenvalue weighted by molar-refractivity contribution is -0.385. The van der Waals surface area contributed by atoms with E-state index in [1.54, 1.807) is 13.8 Å². The van der Waals surface area contributed by atoms with Crippen molar-refractivity contribution < 1.29 is 33.9 Å². The van der Waals surface area contributed by atoms with E-state index < -0.39 is 52.9 Å². The maximum Gasteiger partial charge on any atom is 0.310 e. The number of nitro groups is 1. The molecule has 3 N–H and O–H groups in total. The van der Waals surface area contributed by atoms with Crippen molar-refractivity contribution >= 4 is 41.0 Å². The van der Waals surface area contributed by atoms with E-state index in [1.807, 2.05) is 30.3 Å². The number of thioether (sulfide) groups is 1. The summed E-state index contributed by atoms with van der Waals surface area (Å²) in [5, 5.41) is 25.4. The lowest BCUT2D eigenvalue weighted by Gasteiger charge is -2.24. The van der Waals surface area contributed by atoms with Gasteiger partial charge in [0.2, 0.25) is 5.91 Å². The number of carbonyl (C=O) groups is 4. The highest BCUT2D eigenvalue weighted by Gasteiger charge is 2.30. The molecule has 12 heteroatoms. The number of Topliss-reactive ketones (excluding diaryl/α,β-unsaturated/α-hetero) is 1. The quantitative estimate of drug-likeness (QED) is 0.245. The number of aliphatic carboxylic acids is 1. The van der Waals surface area contributed by atoms with Crippen LogP contribution in [0.3, 0.4) is 0 Å². The fourth-order valence-corrected chi connectivity index (χ4v) is 4.29. The normalized spacial score (nSPS) is 12.3. The van der Waals surface area contributed by atoms with Gasteiger partial charge in [-0.3, -0.25) is 29.3 Å². The van der Waals surface area contributed by atoms with Crippen molar-refractivity contribution in [2.45, 2.75) is 38.1 Å². The number of ketones is 1. The van der Waals surface area contributed by atoms with Gasteiger partial charge in [0.15, 0.2) is 11.5 Å². The number of hydrogen-bond acceptors (Lipinski definition) is 8. The highest BCUT2D eigenvalue weighted by molar-refractivity contribution is 7.99. The number of carboxylic acid groups (broad SMARTS) is 1. The van der Waals surface area contributed by atoms with Gasteiger partial charge >= 0.3 is 11.7 Å². The number of nitro benzene ring substituents is 1. The number of benzene rings is 2. The molecule has 2 aromatic rings. The minimum absolute atomic E-state index is 0.00554. The average molecular weight is 532 g/mol. The summed E-state index contributed by atoms with van der Waals surface area (Å²) in [4.78, 5) is 60.4. The second-order valence-corrected chi connectivity index (χ2v) is 9.43. The standard InChI is InChI=1S/C25H29N3O8S/c1-15(2)23(27-24(32)17-9-10-19(28(34)35)21(11-17)36-3)25(33)26-18(12-22(30)31)20(29)14-37-13-16-7-5-4-6-8-16/h4-11,15,18,23H,12-14H2,1-3H3,(H,26,33)(H,27,32)(H,30,31)/t18-,23-/m0/s1. The second kappa shape index (κ2) is 14.0. The Bertz CT molecular complexity index is 1140. The first-order valence-corrected chi connectivity index (χ1v) is 12.5. The van der Waals surface area contributed by atoms with Gasteiger partial charge in [0.25, 0.3) is 5.91 Å². The molecule has 0 heterocycles. The van der Waals surface area contributed by atoms with Crippen LogP contribution in [0.5, 0.6) is 5.75 Å².